The minimum Gasteiger partial charge on any atom is -0.482 e. The fourth-order valence-corrected chi connectivity index (χ4v) is 2.66. The Kier molecular flexibility index (Phi) is 6.54. The lowest BCUT2D eigenvalue weighted by Crippen LogP contribution is -2.20. The molecule has 0 aliphatic carbocycles. The molecule has 0 fully saturated rings. The smallest absolute Gasteiger partial charge is 0.344 e. The van der Waals surface area contributed by atoms with Crippen molar-refractivity contribution in [2.75, 3.05) is 6.61 Å². The van der Waals surface area contributed by atoms with E-state index < -0.39 is 5.97 Å². The molecule has 1 aromatic heterocycles. The van der Waals surface area contributed by atoms with Crippen molar-refractivity contribution < 1.29 is 23.4 Å². The Bertz CT molecular complexity index is 1040. The third kappa shape index (κ3) is 5.16. The molecule has 0 amide bonds. The van der Waals surface area contributed by atoms with E-state index in [0.29, 0.717) is 22.5 Å². The summed E-state index contributed by atoms with van der Waals surface area (Å²) in [6, 6.07) is 12.3. The number of hydrogen-bond donors (Lipinski definition) is 0. The highest BCUT2D eigenvalue weighted by Crippen LogP contribution is 2.24. The topological polar surface area (TPSA) is 75.0 Å². The molecule has 0 N–H and O–H groups in total. The largest absolute Gasteiger partial charge is 0.482 e. The highest BCUT2D eigenvalue weighted by atomic mass is 16.6. The summed E-state index contributed by atoms with van der Waals surface area (Å²) in [5, 5.41) is 0.363. The average Bonchev–Trinajstić information content (AvgIpc) is 2.74. The summed E-state index contributed by atoms with van der Waals surface area (Å²) in [5.41, 5.74) is 1.24. The van der Waals surface area contributed by atoms with Gasteiger partial charge in [0.15, 0.2) is 6.61 Å². The number of ether oxygens (including phenoxy) is 3. The van der Waals surface area contributed by atoms with Crippen molar-refractivity contribution in [2.45, 2.75) is 39.7 Å². The van der Waals surface area contributed by atoms with Gasteiger partial charge in [-0.1, -0.05) is 26.0 Å². The molecule has 29 heavy (non-hydrogen) atoms. The predicted octanol–water partition coefficient (Wildman–Crippen LogP) is 4.87. The van der Waals surface area contributed by atoms with Crippen molar-refractivity contribution in [3.8, 4) is 17.2 Å². The van der Waals surface area contributed by atoms with Crippen LogP contribution >= 0.6 is 0 Å². The van der Waals surface area contributed by atoms with Crippen LogP contribution in [0.5, 0.6) is 17.2 Å². The maximum Gasteiger partial charge on any atom is 0.344 e. The molecular weight excluding hydrogens is 372 g/mol. The number of rotatable bonds is 8. The number of benzene rings is 2. The van der Waals surface area contributed by atoms with E-state index in [4.69, 9.17) is 18.6 Å². The summed E-state index contributed by atoms with van der Waals surface area (Å²) in [6.45, 7) is 5.61. The van der Waals surface area contributed by atoms with Gasteiger partial charge in [-0.25, -0.2) is 4.79 Å². The number of aryl methyl sites for hydroxylation is 1. The number of carbonyl (C=O) groups excluding carboxylic acids is 1. The lowest BCUT2D eigenvalue weighted by molar-refractivity contribution is -0.150. The quantitative estimate of drug-likeness (QED) is 0.506. The van der Waals surface area contributed by atoms with E-state index in [1.807, 2.05) is 38.1 Å². The molecule has 0 bridgehead atoms. The Balaban J connectivity index is 1.73. The van der Waals surface area contributed by atoms with Crippen molar-refractivity contribution in [3.63, 3.8) is 0 Å². The van der Waals surface area contributed by atoms with Gasteiger partial charge in [0.2, 0.25) is 11.2 Å². The Hall–Kier alpha value is -3.28. The van der Waals surface area contributed by atoms with Gasteiger partial charge in [0, 0.05) is 6.07 Å². The van der Waals surface area contributed by atoms with Crippen LogP contribution in [0.3, 0.4) is 0 Å². The third-order valence-electron chi connectivity index (χ3n) is 4.54. The molecule has 0 saturated heterocycles. The predicted molar refractivity (Wildman–Crippen MR) is 110 cm³/mol. The first kappa shape index (κ1) is 20.5. The highest BCUT2D eigenvalue weighted by molar-refractivity contribution is 5.79. The molecule has 1 atom stereocenters. The van der Waals surface area contributed by atoms with Crippen LogP contribution in [0.4, 0.5) is 0 Å². The Morgan fingerprint density at radius 2 is 1.79 bits per heavy atom. The van der Waals surface area contributed by atoms with E-state index in [-0.39, 0.29) is 23.9 Å². The van der Waals surface area contributed by atoms with E-state index in [1.54, 1.807) is 18.2 Å². The first-order valence-electron chi connectivity index (χ1n) is 9.64. The molecule has 3 aromatic rings. The van der Waals surface area contributed by atoms with Crippen LogP contribution < -0.4 is 14.9 Å². The Morgan fingerprint density at radius 3 is 2.48 bits per heavy atom. The van der Waals surface area contributed by atoms with E-state index in [0.717, 1.165) is 12.8 Å². The van der Waals surface area contributed by atoms with Crippen LogP contribution in [0.15, 0.2) is 57.9 Å². The van der Waals surface area contributed by atoms with Gasteiger partial charge in [-0.15, -0.1) is 0 Å². The molecule has 1 heterocycles. The zero-order valence-corrected chi connectivity index (χ0v) is 16.8. The number of esters is 1. The SMILES string of the molecule is CCc1ccc(Oc2coc3cc(OCC(=O)O[C@@H](C)CC)ccc3c2=O)cc1. The summed E-state index contributed by atoms with van der Waals surface area (Å²) in [6.07, 6.45) is 2.79. The molecule has 2 aromatic carbocycles. The Labute approximate surface area is 169 Å². The van der Waals surface area contributed by atoms with Crippen LogP contribution in [0, 0.1) is 0 Å². The van der Waals surface area contributed by atoms with Crippen LogP contribution in [0.2, 0.25) is 0 Å². The monoisotopic (exact) mass is 396 g/mol. The second kappa shape index (κ2) is 9.28. The summed E-state index contributed by atoms with van der Waals surface area (Å²) >= 11 is 0. The minimum absolute atomic E-state index is 0.104. The molecule has 152 valence electrons. The molecule has 3 rings (SSSR count). The average molecular weight is 396 g/mol. The molecular formula is C23H24O6. The molecule has 0 saturated carbocycles. The van der Waals surface area contributed by atoms with Crippen molar-refractivity contribution in [2.24, 2.45) is 0 Å². The molecule has 0 aliphatic heterocycles. The van der Waals surface area contributed by atoms with Crippen molar-refractivity contribution in [1.82, 2.24) is 0 Å². The lowest BCUT2D eigenvalue weighted by Gasteiger charge is -2.11. The first-order valence-corrected chi connectivity index (χ1v) is 9.64. The molecule has 0 radical (unpaired) electrons. The summed E-state index contributed by atoms with van der Waals surface area (Å²) in [4.78, 5) is 24.4. The second-order valence-corrected chi connectivity index (χ2v) is 6.68. The van der Waals surface area contributed by atoms with Gasteiger partial charge in [-0.2, -0.15) is 0 Å². The summed E-state index contributed by atoms with van der Waals surface area (Å²) < 4.78 is 21.8. The van der Waals surface area contributed by atoms with Crippen molar-refractivity contribution >= 4 is 16.9 Å². The Morgan fingerprint density at radius 1 is 1.07 bits per heavy atom. The van der Waals surface area contributed by atoms with Gasteiger partial charge in [-0.05, 0) is 49.6 Å². The van der Waals surface area contributed by atoms with Gasteiger partial charge in [0.05, 0.1) is 11.5 Å². The molecule has 0 aliphatic rings. The van der Waals surface area contributed by atoms with Crippen molar-refractivity contribution in [3.05, 3.63) is 64.5 Å². The number of fused-ring (bicyclic) bond motifs is 1. The third-order valence-corrected chi connectivity index (χ3v) is 4.54. The fourth-order valence-electron chi connectivity index (χ4n) is 2.66. The van der Waals surface area contributed by atoms with Crippen LogP contribution in [0.25, 0.3) is 11.0 Å². The highest BCUT2D eigenvalue weighted by Gasteiger charge is 2.12. The fraction of sp³-hybridized carbons (Fsp3) is 0.304. The second-order valence-electron chi connectivity index (χ2n) is 6.68. The molecule has 6 nitrogen and oxygen atoms in total. The summed E-state index contributed by atoms with van der Waals surface area (Å²) in [5.74, 6) is 0.630. The van der Waals surface area contributed by atoms with Gasteiger partial charge in [0.25, 0.3) is 0 Å². The normalized spacial score (nSPS) is 11.8. The van der Waals surface area contributed by atoms with E-state index in [1.165, 1.54) is 11.8 Å². The van der Waals surface area contributed by atoms with Crippen LogP contribution in [0.1, 0.15) is 32.8 Å². The molecule has 6 heteroatoms. The number of hydrogen-bond acceptors (Lipinski definition) is 6. The van der Waals surface area contributed by atoms with Crippen LogP contribution in [-0.4, -0.2) is 18.7 Å². The lowest BCUT2D eigenvalue weighted by atomic mass is 10.2. The van der Waals surface area contributed by atoms with Crippen LogP contribution in [-0.2, 0) is 16.0 Å². The maximum atomic E-state index is 12.7. The minimum atomic E-state index is -0.446. The zero-order valence-electron chi connectivity index (χ0n) is 16.8. The van der Waals surface area contributed by atoms with Gasteiger partial charge in [-0.3, -0.25) is 4.79 Å². The molecule has 0 unspecified atom stereocenters. The zero-order chi connectivity index (χ0) is 20.8. The van der Waals surface area contributed by atoms with Crippen molar-refractivity contribution in [1.29, 1.82) is 0 Å². The van der Waals surface area contributed by atoms with Gasteiger partial charge >= 0.3 is 5.97 Å². The molecule has 0 spiro atoms. The van der Waals surface area contributed by atoms with E-state index in [9.17, 15) is 9.59 Å². The van der Waals surface area contributed by atoms with E-state index in [2.05, 4.69) is 6.92 Å². The first-order chi connectivity index (χ1) is 14.0. The summed E-state index contributed by atoms with van der Waals surface area (Å²) in [7, 11) is 0. The number of carbonyl (C=O) groups is 1. The van der Waals surface area contributed by atoms with Gasteiger partial charge in [0.1, 0.15) is 23.3 Å². The van der Waals surface area contributed by atoms with Gasteiger partial charge < -0.3 is 18.6 Å². The standard InChI is InChI=1S/C23H24O6/c1-4-15(3)28-22(24)14-26-18-10-11-19-20(12-18)27-13-21(23(19)25)29-17-8-6-16(5-2)7-9-17/h6-13,15H,4-5,14H2,1-3H3/t15-/m0/s1. The maximum absolute atomic E-state index is 12.7. The van der Waals surface area contributed by atoms with E-state index >= 15 is 0 Å².